The van der Waals surface area contributed by atoms with E-state index in [1.54, 1.807) is 13.3 Å². The summed E-state index contributed by atoms with van der Waals surface area (Å²) in [5.74, 6) is 1.56. The van der Waals surface area contributed by atoms with Crippen LogP contribution in [-0.4, -0.2) is 30.4 Å². The lowest BCUT2D eigenvalue weighted by molar-refractivity contribution is 0.301. The second kappa shape index (κ2) is 6.75. The predicted octanol–water partition coefficient (Wildman–Crippen LogP) is 2.09. The van der Waals surface area contributed by atoms with Gasteiger partial charge in [-0.15, -0.1) is 0 Å². The summed E-state index contributed by atoms with van der Waals surface area (Å²) in [6.45, 7) is 1.37. The molecule has 0 radical (unpaired) electrons. The number of aromatic nitrogens is 1. The Hall–Kier alpha value is -2.07. The van der Waals surface area contributed by atoms with Gasteiger partial charge in [0.05, 0.1) is 19.9 Å². The van der Waals surface area contributed by atoms with Gasteiger partial charge < -0.3 is 14.7 Å². The van der Waals surface area contributed by atoms with Crippen LogP contribution in [0.1, 0.15) is 5.56 Å². The molecule has 0 atom stereocenters. The Morgan fingerprint density at radius 2 is 1.95 bits per heavy atom. The Kier molecular flexibility index (Phi) is 4.75. The van der Waals surface area contributed by atoms with Gasteiger partial charge in [-0.1, -0.05) is 30.3 Å². The number of aliphatic hydroxyl groups excluding tert-OH is 1. The first kappa shape index (κ1) is 13.4. The van der Waals surface area contributed by atoms with E-state index in [1.165, 1.54) is 5.56 Å². The van der Waals surface area contributed by atoms with Crippen molar-refractivity contribution < 1.29 is 9.84 Å². The minimum Gasteiger partial charge on any atom is -0.495 e. The molecule has 0 aliphatic carbocycles. The summed E-state index contributed by atoms with van der Waals surface area (Å²) in [6.07, 6.45) is 1.69. The standard InChI is InChI=1S/C15H18N2O2/c1-19-14-7-8-15(16-11-14)17(9-10-18)12-13-5-3-2-4-6-13/h2-8,11,18H,9-10,12H2,1H3. The van der Waals surface area contributed by atoms with Crippen molar-refractivity contribution in [2.45, 2.75) is 6.54 Å². The average molecular weight is 258 g/mol. The normalized spacial score (nSPS) is 10.2. The number of rotatable bonds is 6. The molecule has 1 aromatic carbocycles. The third-order valence-corrected chi connectivity index (χ3v) is 2.87. The van der Waals surface area contributed by atoms with E-state index in [0.717, 1.165) is 18.1 Å². The van der Waals surface area contributed by atoms with Crippen molar-refractivity contribution in [2.75, 3.05) is 25.2 Å². The second-order valence-corrected chi connectivity index (χ2v) is 4.19. The molecule has 0 amide bonds. The molecule has 0 saturated heterocycles. The zero-order valence-corrected chi connectivity index (χ0v) is 11.0. The van der Waals surface area contributed by atoms with Crippen molar-refractivity contribution in [3.63, 3.8) is 0 Å². The van der Waals surface area contributed by atoms with Crippen LogP contribution in [0, 0.1) is 0 Å². The number of ether oxygens (including phenoxy) is 1. The first-order valence-corrected chi connectivity index (χ1v) is 6.23. The van der Waals surface area contributed by atoms with Crippen LogP contribution >= 0.6 is 0 Å². The fourth-order valence-electron chi connectivity index (χ4n) is 1.88. The lowest BCUT2D eigenvalue weighted by Crippen LogP contribution is -2.26. The van der Waals surface area contributed by atoms with Crippen LogP contribution in [0.15, 0.2) is 48.7 Å². The summed E-state index contributed by atoms with van der Waals surface area (Å²) in [4.78, 5) is 6.39. The third-order valence-electron chi connectivity index (χ3n) is 2.87. The number of methoxy groups -OCH3 is 1. The van der Waals surface area contributed by atoms with Crippen LogP contribution in [-0.2, 0) is 6.54 Å². The predicted molar refractivity (Wildman–Crippen MR) is 75.4 cm³/mol. The average Bonchev–Trinajstić information content (AvgIpc) is 2.48. The van der Waals surface area contributed by atoms with Crippen LogP contribution in [0.4, 0.5) is 5.82 Å². The molecular weight excluding hydrogens is 240 g/mol. The molecule has 1 heterocycles. The highest BCUT2D eigenvalue weighted by molar-refractivity contribution is 5.41. The second-order valence-electron chi connectivity index (χ2n) is 4.19. The zero-order valence-electron chi connectivity index (χ0n) is 11.0. The van der Waals surface area contributed by atoms with E-state index >= 15 is 0 Å². The van der Waals surface area contributed by atoms with Gasteiger partial charge in [0, 0.05) is 13.1 Å². The van der Waals surface area contributed by atoms with Gasteiger partial charge in [0.25, 0.3) is 0 Å². The highest BCUT2D eigenvalue weighted by Gasteiger charge is 2.08. The minimum absolute atomic E-state index is 0.0978. The molecule has 0 unspecified atom stereocenters. The van der Waals surface area contributed by atoms with Crippen molar-refractivity contribution >= 4 is 5.82 Å². The molecule has 0 bridgehead atoms. The SMILES string of the molecule is COc1ccc(N(CCO)Cc2ccccc2)nc1. The van der Waals surface area contributed by atoms with E-state index in [4.69, 9.17) is 4.74 Å². The minimum atomic E-state index is 0.0978. The lowest BCUT2D eigenvalue weighted by Gasteiger charge is -2.23. The summed E-state index contributed by atoms with van der Waals surface area (Å²) < 4.78 is 5.10. The molecule has 0 aliphatic heterocycles. The van der Waals surface area contributed by atoms with E-state index in [9.17, 15) is 5.11 Å². The van der Waals surface area contributed by atoms with Crippen molar-refractivity contribution in [2.24, 2.45) is 0 Å². The van der Waals surface area contributed by atoms with E-state index in [2.05, 4.69) is 17.1 Å². The Balaban J connectivity index is 2.14. The van der Waals surface area contributed by atoms with Crippen molar-refractivity contribution in [1.82, 2.24) is 4.98 Å². The van der Waals surface area contributed by atoms with Crippen molar-refractivity contribution in [3.8, 4) is 5.75 Å². The van der Waals surface area contributed by atoms with E-state index in [1.807, 2.05) is 35.2 Å². The van der Waals surface area contributed by atoms with Gasteiger partial charge in [0.1, 0.15) is 11.6 Å². The Bertz CT molecular complexity index is 485. The Morgan fingerprint density at radius 3 is 2.53 bits per heavy atom. The maximum Gasteiger partial charge on any atom is 0.137 e. The molecular formula is C15H18N2O2. The largest absolute Gasteiger partial charge is 0.495 e. The molecule has 4 nitrogen and oxygen atoms in total. The van der Waals surface area contributed by atoms with Crippen LogP contribution < -0.4 is 9.64 Å². The molecule has 19 heavy (non-hydrogen) atoms. The van der Waals surface area contributed by atoms with Gasteiger partial charge in [-0.05, 0) is 17.7 Å². The van der Waals surface area contributed by atoms with E-state index < -0.39 is 0 Å². The summed E-state index contributed by atoms with van der Waals surface area (Å²) in [7, 11) is 1.62. The van der Waals surface area contributed by atoms with Crippen molar-refractivity contribution in [3.05, 3.63) is 54.2 Å². The van der Waals surface area contributed by atoms with Crippen LogP contribution in [0.25, 0.3) is 0 Å². The lowest BCUT2D eigenvalue weighted by atomic mass is 10.2. The molecule has 0 fully saturated rings. The summed E-state index contributed by atoms with van der Waals surface area (Å²) in [5, 5.41) is 9.18. The number of aliphatic hydroxyl groups is 1. The van der Waals surface area contributed by atoms with Gasteiger partial charge in [0.2, 0.25) is 0 Å². The molecule has 0 saturated carbocycles. The number of hydrogen-bond acceptors (Lipinski definition) is 4. The number of nitrogens with zero attached hydrogens (tertiary/aromatic N) is 2. The number of benzene rings is 1. The molecule has 100 valence electrons. The quantitative estimate of drug-likeness (QED) is 0.861. The molecule has 0 aliphatic rings. The van der Waals surface area contributed by atoms with Gasteiger partial charge in [-0.3, -0.25) is 0 Å². The van der Waals surface area contributed by atoms with Crippen LogP contribution in [0.5, 0.6) is 5.75 Å². The number of hydrogen-bond donors (Lipinski definition) is 1. The van der Waals surface area contributed by atoms with E-state index in [0.29, 0.717) is 6.54 Å². The fourth-order valence-corrected chi connectivity index (χ4v) is 1.88. The molecule has 0 spiro atoms. The third kappa shape index (κ3) is 3.69. The van der Waals surface area contributed by atoms with E-state index in [-0.39, 0.29) is 6.61 Å². The Morgan fingerprint density at radius 1 is 1.16 bits per heavy atom. The molecule has 2 aromatic rings. The zero-order chi connectivity index (χ0) is 13.5. The van der Waals surface area contributed by atoms with Gasteiger partial charge in [-0.2, -0.15) is 0 Å². The van der Waals surface area contributed by atoms with Gasteiger partial charge in [-0.25, -0.2) is 4.98 Å². The van der Waals surface area contributed by atoms with Gasteiger partial charge >= 0.3 is 0 Å². The topological polar surface area (TPSA) is 45.6 Å². The number of pyridine rings is 1. The first-order chi connectivity index (χ1) is 9.33. The van der Waals surface area contributed by atoms with Crippen molar-refractivity contribution in [1.29, 1.82) is 0 Å². The summed E-state index contributed by atoms with van der Waals surface area (Å²) in [5.41, 5.74) is 1.19. The Labute approximate surface area is 113 Å². The maximum atomic E-state index is 9.18. The maximum absolute atomic E-state index is 9.18. The molecule has 1 aromatic heterocycles. The fraction of sp³-hybridized carbons (Fsp3) is 0.267. The molecule has 2 rings (SSSR count). The molecule has 4 heteroatoms. The van der Waals surface area contributed by atoms with Crippen LogP contribution in [0.2, 0.25) is 0 Å². The summed E-state index contributed by atoms with van der Waals surface area (Å²) >= 11 is 0. The first-order valence-electron chi connectivity index (χ1n) is 6.23. The highest BCUT2D eigenvalue weighted by atomic mass is 16.5. The molecule has 1 N–H and O–H groups in total. The van der Waals surface area contributed by atoms with Crippen LogP contribution in [0.3, 0.4) is 0 Å². The monoisotopic (exact) mass is 258 g/mol. The summed E-state index contributed by atoms with van der Waals surface area (Å²) in [6, 6.07) is 13.9. The highest BCUT2D eigenvalue weighted by Crippen LogP contribution is 2.17. The van der Waals surface area contributed by atoms with Gasteiger partial charge in [0.15, 0.2) is 0 Å². The smallest absolute Gasteiger partial charge is 0.137 e. The number of anilines is 1.